The van der Waals surface area contributed by atoms with Crippen LogP contribution in [0.1, 0.15) is 5.56 Å². The van der Waals surface area contributed by atoms with Crippen molar-refractivity contribution < 1.29 is 19.8 Å². The highest BCUT2D eigenvalue weighted by Crippen LogP contribution is 2.11. The lowest BCUT2D eigenvalue weighted by atomic mass is 10.1. The summed E-state index contributed by atoms with van der Waals surface area (Å²) in [5.74, 6) is -1.22. The van der Waals surface area contributed by atoms with E-state index in [1.165, 1.54) is 12.1 Å². The van der Waals surface area contributed by atoms with Crippen LogP contribution in [0.15, 0.2) is 24.3 Å². The highest BCUT2D eigenvalue weighted by atomic mass is 32.2. The maximum Gasteiger partial charge on any atom is 0.326 e. The number of phenols is 1. The summed E-state index contributed by atoms with van der Waals surface area (Å²) >= 11 is 1.12. The fourth-order valence-electron chi connectivity index (χ4n) is 1.49. The lowest BCUT2D eigenvalue weighted by Crippen LogP contribution is -2.43. The van der Waals surface area contributed by atoms with Crippen molar-refractivity contribution in [3.8, 4) is 11.8 Å². The minimum Gasteiger partial charge on any atom is -0.508 e. The lowest BCUT2D eigenvalue weighted by molar-refractivity contribution is -0.141. The van der Waals surface area contributed by atoms with Crippen LogP contribution in [0, 0.1) is 11.3 Å². The number of aliphatic carboxylic acids is 1. The van der Waals surface area contributed by atoms with E-state index < -0.39 is 17.9 Å². The normalized spacial score (nSPS) is 11.3. The van der Waals surface area contributed by atoms with Crippen LogP contribution in [0.25, 0.3) is 0 Å². The number of hydrogen-bond acceptors (Lipinski definition) is 5. The quantitative estimate of drug-likeness (QED) is 0.640. The third-order valence-corrected chi connectivity index (χ3v) is 3.21. The third-order valence-electron chi connectivity index (χ3n) is 2.41. The molecule has 1 atom stereocenters. The Labute approximate surface area is 120 Å². The molecule has 3 N–H and O–H groups in total. The van der Waals surface area contributed by atoms with Crippen LogP contribution in [0.5, 0.6) is 5.75 Å². The van der Waals surface area contributed by atoms with Gasteiger partial charge in [0.2, 0.25) is 5.91 Å². The Morgan fingerprint density at radius 1 is 1.35 bits per heavy atom. The Morgan fingerprint density at radius 3 is 2.55 bits per heavy atom. The van der Waals surface area contributed by atoms with Gasteiger partial charge in [-0.2, -0.15) is 5.26 Å². The van der Waals surface area contributed by atoms with Gasteiger partial charge in [-0.3, -0.25) is 4.79 Å². The van der Waals surface area contributed by atoms with E-state index in [0.717, 1.165) is 11.8 Å². The number of aromatic hydroxyl groups is 1. The molecule has 0 aliphatic heterocycles. The lowest BCUT2D eigenvalue weighted by Gasteiger charge is -2.14. The summed E-state index contributed by atoms with van der Waals surface area (Å²) in [6, 6.07) is 6.97. The number of thioether (sulfide) groups is 1. The number of nitriles is 1. The number of hydrogen-bond donors (Lipinski definition) is 3. The first-order chi connectivity index (χ1) is 9.52. The molecule has 20 heavy (non-hydrogen) atoms. The second kappa shape index (κ2) is 8.07. The van der Waals surface area contributed by atoms with Gasteiger partial charge in [0.25, 0.3) is 0 Å². The predicted molar refractivity (Wildman–Crippen MR) is 74.3 cm³/mol. The fourth-order valence-corrected chi connectivity index (χ4v) is 1.96. The molecule has 0 saturated heterocycles. The van der Waals surface area contributed by atoms with E-state index in [2.05, 4.69) is 5.32 Å². The van der Waals surface area contributed by atoms with Gasteiger partial charge >= 0.3 is 5.97 Å². The first-order valence-corrected chi connectivity index (χ1v) is 6.93. The van der Waals surface area contributed by atoms with Gasteiger partial charge in [-0.15, -0.1) is 11.8 Å². The van der Waals surface area contributed by atoms with Crippen molar-refractivity contribution in [1.82, 2.24) is 5.32 Å². The molecule has 1 aromatic rings. The van der Waals surface area contributed by atoms with E-state index in [1.54, 1.807) is 12.1 Å². The summed E-state index contributed by atoms with van der Waals surface area (Å²) in [7, 11) is 0. The number of carbonyl (C=O) groups is 2. The van der Waals surface area contributed by atoms with Gasteiger partial charge in [-0.05, 0) is 17.7 Å². The number of amides is 1. The standard InChI is InChI=1S/C13H14N2O4S/c14-5-6-20-8-12(17)15-11(13(18)19)7-9-1-3-10(16)4-2-9/h1-4,11,16H,6-8H2,(H,15,17)(H,18,19). The summed E-state index contributed by atoms with van der Waals surface area (Å²) in [5, 5.41) is 29.0. The molecule has 1 rings (SSSR count). The second-order valence-electron chi connectivity index (χ2n) is 3.98. The summed E-state index contributed by atoms with van der Waals surface area (Å²) in [6.07, 6.45) is 0.129. The van der Waals surface area contributed by atoms with Crippen molar-refractivity contribution in [2.75, 3.05) is 11.5 Å². The van der Waals surface area contributed by atoms with E-state index in [4.69, 9.17) is 15.5 Å². The summed E-state index contributed by atoms with van der Waals surface area (Å²) in [6.45, 7) is 0. The summed E-state index contributed by atoms with van der Waals surface area (Å²) < 4.78 is 0. The molecular formula is C13H14N2O4S. The predicted octanol–water partition coefficient (Wildman–Crippen LogP) is 0.761. The van der Waals surface area contributed by atoms with Gasteiger partial charge in [-0.1, -0.05) is 12.1 Å². The smallest absolute Gasteiger partial charge is 0.326 e. The van der Waals surface area contributed by atoms with Gasteiger partial charge in [-0.25, -0.2) is 4.79 Å². The zero-order valence-electron chi connectivity index (χ0n) is 10.6. The van der Waals surface area contributed by atoms with E-state index in [-0.39, 0.29) is 23.7 Å². The van der Waals surface area contributed by atoms with E-state index in [0.29, 0.717) is 5.56 Å². The molecule has 106 valence electrons. The molecule has 6 nitrogen and oxygen atoms in total. The van der Waals surface area contributed by atoms with E-state index in [9.17, 15) is 9.59 Å². The van der Waals surface area contributed by atoms with Crippen molar-refractivity contribution in [2.45, 2.75) is 12.5 Å². The molecule has 1 unspecified atom stereocenters. The number of benzene rings is 1. The molecule has 1 amide bonds. The molecule has 0 aliphatic carbocycles. The molecule has 0 aromatic heterocycles. The number of rotatable bonds is 7. The van der Waals surface area contributed by atoms with Crippen molar-refractivity contribution in [1.29, 1.82) is 5.26 Å². The zero-order chi connectivity index (χ0) is 15.0. The first kappa shape index (κ1) is 15.9. The topological polar surface area (TPSA) is 110 Å². The molecule has 0 aliphatic rings. The van der Waals surface area contributed by atoms with Gasteiger partial charge < -0.3 is 15.5 Å². The van der Waals surface area contributed by atoms with Crippen LogP contribution in [0.3, 0.4) is 0 Å². The third kappa shape index (κ3) is 5.63. The number of carbonyl (C=O) groups excluding carboxylic acids is 1. The molecular weight excluding hydrogens is 280 g/mol. The molecule has 0 saturated carbocycles. The van der Waals surface area contributed by atoms with Crippen molar-refractivity contribution in [3.05, 3.63) is 29.8 Å². The van der Waals surface area contributed by atoms with Crippen molar-refractivity contribution >= 4 is 23.6 Å². The highest BCUT2D eigenvalue weighted by molar-refractivity contribution is 8.00. The summed E-state index contributed by atoms with van der Waals surface area (Å²) in [5.41, 5.74) is 0.695. The van der Waals surface area contributed by atoms with Crippen LogP contribution in [-0.2, 0) is 16.0 Å². The van der Waals surface area contributed by atoms with Gasteiger partial charge in [0.15, 0.2) is 0 Å². The van der Waals surface area contributed by atoms with Crippen molar-refractivity contribution in [2.24, 2.45) is 0 Å². The molecule has 0 spiro atoms. The Bertz CT molecular complexity index is 510. The average Bonchev–Trinajstić information content (AvgIpc) is 2.40. The number of carboxylic acids is 1. The number of phenolic OH excluding ortho intramolecular Hbond substituents is 1. The molecule has 0 heterocycles. The average molecular weight is 294 g/mol. The maximum absolute atomic E-state index is 11.5. The second-order valence-corrected chi connectivity index (χ2v) is 4.97. The van der Waals surface area contributed by atoms with Crippen LogP contribution in [-0.4, -0.2) is 39.6 Å². The largest absolute Gasteiger partial charge is 0.508 e. The number of nitrogens with one attached hydrogen (secondary N) is 1. The van der Waals surface area contributed by atoms with Crippen LogP contribution in [0.2, 0.25) is 0 Å². The van der Waals surface area contributed by atoms with Crippen molar-refractivity contribution in [3.63, 3.8) is 0 Å². The molecule has 7 heteroatoms. The minimum atomic E-state index is -1.13. The fraction of sp³-hybridized carbons (Fsp3) is 0.308. The van der Waals surface area contributed by atoms with Crippen LogP contribution < -0.4 is 5.32 Å². The monoisotopic (exact) mass is 294 g/mol. The number of nitrogens with zero attached hydrogens (tertiary/aromatic N) is 1. The Morgan fingerprint density at radius 2 is 2.00 bits per heavy atom. The van der Waals surface area contributed by atoms with E-state index in [1.807, 2.05) is 6.07 Å². The molecule has 0 bridgehead atoms. The van der Waals surface area contributed by atoms with E-state index >= 15 is 0 Å². The van der Waals surface area contributed by atoms with Gasteiger partial charge in [0, 0.05) is 6.42 Å². The zero-order valence-corrected chi connectivity index (χ0v) is 11.4. The maximum atomic E-state index is 11.5. The van der Waals surface area contributed by atoms with Gasteiger partial charge in [0.1, 0.15) is 11.8 Å². The Kier molecular flexibility index (Phi) is 6.40. The SMILES string of the molecule is N#CCSCC(=O)NC(Cc1ccc(O)cc1)C(=O)O. The molecule has 1 aromatic carbocycles. The number of carboxylic acid groups (broad SMARTS) is 1. The minimum absolute atomic E-state index is 0.0485. The van der Waals surface area contributed by atoms with Gasteiger partial charge in [0.05, 0.1) is 17.6 Å². The molecule has 0 fully saturated rings. The first-order valence-electron chi connectivity index (χ1n) is 5.77. The Hall–Kier alpha value is -2.20. The van der Waals surface area contributed by atoms with Crippen LogP contribution >= 0.6 is 11.8 Å². The molecule has 0 radical (unpaired) electrons. The van der Waals surface area contributed by atoms with Crippen LogP contribution in [0.4, 0.5) is 0 Å². The Balaban J connectivity index is 2.56. The highest BCUT2D eigenvalue weighted by Gasteiger charge is 2.20. The summed E-state index contributed by atoms with van der Waals surface area (Å²) in [4.78, 5) is 22.6.